The molecule has 1 N–H and O–H groups in total. The van der Waals surface area contributed by atoms with Crippen molar-refractivity contribution in [3.05, 3.63) is 34.7 Å². The minimum Gasteiger partial charge on any atom is -0.481 e. The monoisotopic (exact) mass is 279 g/mol. The molecule has 0 saturated heterocycles. The van der Waals surface area contributed by atoms with Crippen LogP contribution in [0.5, 0.6) is 0 Å². The summed E-state index contributed by atoms with van der Waals surface area (Å²) in [6.45, 7) is 4.15. The van der Waals surface area contributed by atoms with E-state index in [9.17, 15) is 4.79 Å². The number of thioether (sulfide) groups is 1. The number of hydrogen-bond donors (Lipinski definition) is 1. The van der Waals surface area contributed by atoms with Gasteiger partial charge >= 0.3 is 5.97 Å². The number of hydrogen-bond acceptors (Lipinski definition) is 4. The van der Waals surface area contributed by atoms with E-state index in [0.29, 0.717) is 0 Å². The van der Waals surface area contributed by atoms with Gasteiger partial charge in [-0.3, -0.25) is 4.79 Å². The van der Waals surface area contributed by atoms with Gasteiger partial charge in [0, 0.05) is 10.9 Å². The maximum Gasteiger partial charge on any atom is 0.313 e. The molecule has 0 unspecified atom stereocenters. The van der Waals surface area contributed by atoms with Crippen molar-refractivity contribution in [2.24, 2.45) is 0 Å². The first kappa shape index (κ1) is 13.1. The van der Waals surface area contributed by atoms with E-state index in [0.717, 1.165) is 15.6 Å². The van der Waals surface area contributed by atoms with Crippen molar-refractivity contribution >= 4 is 29.1 Å². The summed E-state index contributed by atoms with van der Waals surface area (Å²) in [6, 6.07) is 6.23. The van der Waals surface area contributed by atoms with Crippen molar-refractivity contribution in [1.82, 2.24) is 4.98 Å². The highest BCUT2D eigenvalue weighted by molar-refractivity contribution is 8.01. The zero-order chi connectivity index (χ0) is 13.1. The molecule has 0 radical (unpaired) electrons. The summed E-state index contributed by atoms with van der Waals surface area (Å²) in [5.74, 6) is -0.761. The Balaban J connectivity index is 2.18. The van der Waals surface area contributed by atoms with Gasteiger partial charge in [-0.15, -0.1) is 11.3 Å². The van der Waals surface area contributed by atoms with Crippen LogP contribution in [-0.4, -0.2) is 21.8 Å². The van der Waals surface area contributed by atoms with Gasteiger partial charge in [-0.1, -0.05) is 23.9 Å². The lowest BCUT2D eigenvalue weighted by molar-refractivity contribution is -0.133. The first-order chi connectivity index (χ1) is 8.56. The number of carboxylic acids is 1. The summed E-state index contributed by atoms with van der Waals surface area (Å²) in [5.41, 5.74) is 4.49. The van der Waals surface area contributed by atoms with Gasteiger partial charge in [-0.2, -0.15) is 0 Å². The van der Waals surface area contributed by atoms with Gasteiger partial charge < -0.3 is 5.11 Å². The number of rotatable bonds is 4. The molecule has 0 amide bonds. The Morgan fingerprint density at radius 1 is 1.39 bits per heavy atom. The van der Waals surface area contributed by atoms with Crippen molar-refractivity contribution in [1.29, 1.82) is 0 Å². The second-order valence-corrected chi connectivity index (χ2v) is 6.06. The summed E-state index contributed by atoms with van der Waals surface area (Å²) in [7, 11) is 0. The predicted molar refractivity (Wildman–Crippen MR) is 75.4 cm³/mol. The summed E-state index contributed by atoms with van der Waals surface area (Å²) in [5, 5.41) is 10.6. The van der Waals surface area contributed by atoms with Crippen LogP contribution < -0.4 is 0 Å². The van der Waals surface area contributed by atoms with Crippen molar-refractivity contribution in [2.75, 3.05) is 5.75 Å². The average Bonchev–Trinajstić information content (AvgIpc) is 2.79. The van der Waals surface area contributed by atoms with Crippen molar-refractivity contribution < 1.29 is 9.90 Å². The van der Waals surface area contributed by atoms with Gasteiger partial charge in [-0.05, 0) is 31.0 Å². The fourth-order valence-electron chi connectivity index (χ4n) is 1.48. The second-order valence-electron chi connectivity index (χ2n) is 3.98. The Labute approximate surface area is 114 Å². The van der Waals surface area contributed by atoms with Crippen LogP contribution in [-0.2, 0) is 4.79 Å². The molecule has 94 valence electrons. The van der Waals surface area contributed by atoms with Crippen LogP contribution in [0.2, 0.25) is 0 Å². The molecule has 0 aliphatic carbocycles. The molecular formula is C13H13NO2S2. The minimum absolute atomic E-state index is 0.0554. The van der Waals surface area contributed by atoms with Crippen LogP contribution in [0.4, 0.5) is 0 Å². The molecule has 0 spiro atoms. The van der Waals surface area contributed by atoms with Crippen molar-refractivity contribution in [3.63, 3.8) is 0 Å². The Kier molecular flexibility index (Phi) is 4.04. The highest BCUT2D eigenvalue weighted by Gasteiger charge is 2.07. The molecule has 1 heterocycles. The van der Waals surface area contributed by atoms with E-state index in [2.05, 4.69) is 31.0 Å². The number of carbonyl (C=O) groups is 1. The van der Waals surface area contributed by atoms with Crippen LogP contribution in [0.25, 0.3) is 11.3 Å². The highest BCUT2D eigenvalue weighted by Crippen LogP contribution is 2.29. The average molecular weight is 279 g/mol. The Bertz CT molecular complexity index is 578. The van der Waals surface area contributed by atoms with Crippen LogP contribution in [0.3, 0.4) is 0 Å². The second kappa shape index (κ2) is 5.54. The molecule has 5 heteroatoms. The van der Waals surface area contributed by atoms with Crippen molar-refractivity contribution in [2.45, 2.75) is 18.2 Å². The molecule has 2 aromatic rings. The lowest BCUT2D eigenvalue weighted by Gasteiger charge is -2.02. The highest BCUT2D eigenvalue weighted by atomic mass is 32.2. The normalized spacial score (nSPS) is 10.6. The van der Waals surface area contributed by atoms with Gasteiger partial charge in [0.1, 0.15) is 0 Å². The van der Waals surface area contributed by atoms with Gasteiger partial charge in [0.25, 0.3) is 0 Å². The third kappa shape index (κ3) is 3.11. The number of nitrogens with zero attached hydrogens (tertiary/aromatic N) is 1. The topological polar surface area (TPSA) is 50.2 Å². The maximum absolute atomic E-state index is 10.5. The summed E-state index contributed by atoms with van der Waals surface area (Å²) < 4.78 is 0.797. The van der Waals surface area contributed by atoms with Crippen LogP contribution >= 0.6 is 23.1 Å². The molecule has 1 aromatic carbocycles. The molecule has 3 nitrogen and oxygen atoms in total. The summed E-state index contributed by atoms with van der Waals surface area (Å²) >= 11 is 2.74. The van der Waals surface area contributed by atoms with Crippen LogP contribution in [0.15, 0.2) is 27.9 Å². The molecule has 18 heavy (non-hydrogen) atoms. The number of aliphatic carboxylic acids is 1. The van der Waals surface area contributed by atoms with E-state index >= 15 is 0 Å². The molecule has 2 rings (SSSR count). The zero-order valence-electron chi connectivity index (χ0n) is 10.1. The smallest absolute Gasteiger partial charge is 0.313 e. The quantitative estimate of drug-likeness (QED) is 0.869. The molecule has 0 aliphatic heterocycles. The third-order valence-electron chi connectivity index (χ3n) is 2.60. The summed E-state index contributed by atoms with van der Waals surface area (Å²) in [4.78, 5) is 14.9. The lowest BCUT2D eigenvalue weighted by atomic mass is 10.1. The zero-order valence-corrected chi connectivity index (χ0v) is 11.8. The first-order valence-corrected chi connectivity index (χ1v) is 7.30. The molecule has 0 bridgehead atoms. The van der Waals surface area contributed by atoms with Gasteiger partial charge in [0.15, 0.2) is 4.34 Å². The fraction of sp³-hybridized carbons (Fsp3) is 0.231. The van der Waals surface area contributed by atoms with Crippen molar-refractivity contribution in [3.8, 4) is 11.3 Å². The minimum atomic E-state index is -0.817. The number of thiazole rings is 1. The van der Waals surface area contributed by atoms with E-state index in [1.165, 1.54) is 34.2 Å². The lowest BCUT2D eigenvalue weighted by Crippen LogP contribution is -1.96. The van der Waals surface area contributed by atoms with E-state index in [1.807, 2.05) is 11.4 Å². The van der Waals surface area contributed by atoms with E-state index in [4.69, 9.17) is 5.11 Å². The molecule has 0 atom stereocenters. The Morgan fingerprint density at radius 2 is 2.17 bits per heavy atom. The molecule has 0 aliphatic rings. The van der Waals surface area contributed by atoms with Crippen LogP contribution in [0.1, 0.15) is 11.1 Å². The summed E-state index contributed by atoms with van der Waals surface area (Å²) in [6.07, 6.45) is 0. The Morgan fingerprint density at radius 3 is 2.83 bits per heavy atom. The molecular weight excluding hydrogens is 266 g/mol. The number of carboxylic acid groups (broad SMARTS) is 1. The molecule has 1 aromatic heterocycles. The number of aryl methyl sites for hydroxylation is 2. The van der Waals surface area contributed by atoms with E-state index in [-0.39, 0.29) is 5.75 Å². The van der Waals surface area contributed by atoms with E-state index in [1.54, 1.807) is 0 Å². The van der Waals surface area contributed by atoms with Gasteiger partial charge in [-0.25, -0.2) is 4.98 Å². The van der Waals surface area contributed by atoms with E-state index < -0.39 is 5.97 Å². The largest absolute Gasteiger partial charge is 0.481 e. The molecule has 0 saturated carbocycles. The number of benzene rings is 1. The van der Waals surface area contributed by atoms with Gasteiger partial charge in [0.05, 0.1) is 11.4 Å². The van der Waals surface area contributed by atoms with Crippen LogP contribution in [0, 0.1) is 13.8 Å². The molecule has 0 fully saturated rings. The third-order valence-corrected chi connectivity index (χ3v) is 4.61. The number of aromatic nitrogens is 1. The van der Waals surface area contributed by atoms with Gasteiger partial charge in [0.2, 0.25) is 0 Å². The standard InChI is InChI=1S/C13H13NO2S2/c1-8-3-4-10(5-9(8)2)11-6-17-13(14-11)18-7-12(15)16/h3-6H,7H2,1-2H3,(H,15,16). The fourth-order valence-corrected chi connectivity index (χ4v) is 3.04. The Hall–Kier alpha value is -1.33. The SMILES string of the molecule is Cc1ccc(-c2csc(SCC(=O)O)n2)cc1C. The predicted octanol–water partition coefficient (Wildman–Crippen LogP) is 3.60. The first-order valence-electron chi connectivity index (χ1n) is 5.44. The maximum atomic E-state index is 10.5.